The summed E-state index contributed by atoms with van der Waals surface area (Å²) in [6.45, 7) is 8.72. The predicted molar refractivity (Wildman–Crippen MR) is 101 cm³/mol. The van der Waals surface area contributed by atoms with Crippen LogP contribution in [0.2, 0.25) is 0 Å². The third kappa shape index (κ3) is 3.99. The highest BCUT2D eigenvalue weighted by Crippen LogP contribution is 2.32. The number of hydrogen-bond donors (Lipinski definition) is 2. The molecule has 3 rings (SSSR count). The summed E-state index contributed by atoms with van der Waals surface area (Å²) in [6.07, 6.45) is 0.828. The van der Waals surface area contributed by atoms with Gasteiger partial charge in [0.2, 0.25) is 0 Å². The number of amides is 2. The van der Waals surface area contributed by atoms with Crippen molar-refractivity contribution < 1.29 is 18.0 Å². The molecule has 0 saturated carbocycles. The molecule has 0 unspecified atom stereocenters. The Morgan fingerprint density at radius 3 is 2.63 bits per heavy atom. The Morgan fingerprint density at radius 1 is 1.26 bits per heavy atom. The summed E-state index contributed by atoms with van der Waals surface area (Å²) in [5.41, 5.74) is 0.372. The van der Waals surface area contributed by atoms with Crippen molar-refractivity contribution >= 4 is 21.8 Å². The van der Waals surface area contributed by atoms with Crippen LogP contribution in [0.5, 0.6) is 0 Å². The van der Waals surface area contributed by atoms with Gasteiger partial charge in [0.1, 0.15) is 4.90 Å². The van der Waals surface area contributed by atoms with Crippen LogP contribution in [0.15, 0.2) is 23.1 Å². The lowest BCUT2D eigenvalue weighted by Gasteiger charge is -2.27. The predicted octanol–water partition coefficient (Wildman–Crippen LogP) is 0.265. The third-order valence-corrected chi connectivity index (χ3v) is 6.83. The van der Waals surface area contributed by atoms with Gasteiger partial charge < -0.3 is 15.5 Å². The second-order valence-electron chi connectivity index (χ2n) is 7.11. The summed E-state index contributed by atoms with van der Waals surface area (Å²) >= 11 is 0. The molecule has 0 spiro atoms. The number of piperazine rings is 1. The molecule has 2 amide bonds. The molecule has 0 radical (unpaired) electrons. The van der Waals surface area contributed by atoms with Crippen LogP contribution in [0.25, 0.3) is 0 Å². The molecule has 1 saturated heterocycles. The van der Waals surface area contributed by atoms with Crippen LogP contribution in [-0.2, 0) is 10.0 Å². The van der Waals surface area contributed by atoms with Crippen LogP contribution in [0, 0.1) is 0 Å². The molecule has 0 atom stereocenters. The fourth-order valence-corrected chi connectivity index (χ4v) is 5.23. The van der Waals surface area contributed by atoms with Gasteiger partial charge >= 0.3 is 0 Å². The molecule has 1 fully saturated rings. The van der Waals surface area contributed by atoms with E-state index in [0.717, 1.165) is 43.4 Å². The standard InChI is InChI=1S/C18H26N4O4S/c1-13(2)22-18(24)15-5-4-14(12-16(15)27(22,25)26)17(23)20-6-3-9-21-10-7-19-8-11-21/h4-5,12-13,19H,3,6-11H2,1-2H3,(H,20,23). The topological polar surface area (TPSA) is 98.8 Å². The van der Waals surface area contributed by atoms with E-state index in [1.54, 1.807) is 13.8 Å². The second-order valence-corrected chi connectivity index (χ2v) is 8.90. The molecule has 148 valence electrons. The number of rotatable bonds is 6. The van der Waals surface area contributed by atoms with Crippen molar-refractivity contribution in [2.75, 3.05) is 39.3 Å². The van der Waals surface area contributed by atoms with Gasteiger partial charge in [-0.2, -0.15) is 0 Å². The first-order valence-corrected chi connectivity index (χ1v) is 10.7. The highest BCUT2D eigenvalue weighted by molar-refractivity contribution is 7.90. The quantitative estimate of drug-likeness (QED) is 0.672. The second kappa shape index (κ2) is 7.95. The molecule has 1 aromatic carbocycles. The molecule has 27 heavy (non-hydrogen) atoms. The van der Waals surface area contributed by atoms with Gasteiger partial charge in [0.15, 0.2) is 0 Å². The SMILES string of the molecule is CC(C)N1C(=O)c2ccc(C(=O)NCCCN3CCNCC3)cc2S1(=O)=O. The number of sulfonamides is 1. The largest absolute Gasteiger partial charge is 0.352 e. The van der Waals surface area contributed by atoms with Gasteiger partial charge in [-0.05, 0) is 45.0 Å². The van der Waals surface area contributed by atoms with Gasteiger partial charge in [0.05, 0.1) is 5.56 Å². The van der Waals surface area contributed by atoms with E-state index in [0.29, 0.717) is 6.54 Å². The maximum absolute atomic E-state index is 12.6. The summed E-state index contributed by atoms with van der Waals surface area (Å²) in [7, 11) is -3.90. The summed E-state index contributed by atoms with van der Waals surface area (Å²) in [5.74, 6) is -0.869. The van der Waals surface area contributed by atoms with E-state index in [2.05, 4.69) is 15.5 Å². The highest BCUT2D eigenvalue weighted by atomic mass is 32.2. The molecule has 1 aromatic rings. The molecular weight excluding hydrogens is 368 g/mol. The minimum absolute atomic E-state index is 0.0883. The number of nitrogens with zero attached hydrogens (tertiary/aromatic N) is 2. The Bertz CT molecular complexity index is 832. The zero-order chi connectivity index (χ0) is 19.6. The number of carbonyl (C=O) groups is 2. The van der Waals surface area contributed by atoms with Gasteiger partial charge in [0.25, 0.3) is 21.8 Å². The first kappa shape index (κ1) is 19.8. The van der Waals surface area contributed by atoms with Crippen LogP contribution in [-0.4, -0.2) is 74.7 Å². The van der Waals surface area contributed by atoms with Crippen molar-refractivity contribution in [3.8, 4) is 0 Å². The Kier molecular flexibility index (Phi) is 5.83. The van der Waals surface area contributed by atoms with Crippen molar-refractivity contribution in [1.29, 1.82) is 0 Å². The van der Waals surface area contributed by atoms with E-state index < -0.39 is 22.0 Å². The monoisotopic (exact) mass is 394 g/mol. The van der Waals surface area contributed by atoms with Gasteiger partial charge in [-0.3, -0.25) is 9.59 Å². The zero-order valence-corrected chi connectivity index (χ0v) is 16.5. The van der Waals surface area contributed by atoms with E-state index in [9.17, 15) is 18.0 Å². The Hall–Kier alpha value is -1.97. The summed E-state index contributed by atoms with van der Waals surface area (Å²) in [5, 5.41) is 6.12. The fourth-order valence-electron chi connectivity index (χ4n) is 3.44. The van der Waals surface area contributed by atoms with Gasteiger partial charge in [-0.25, -0.2) is 12.7 Å². The highest BCUT2D eigenvalue weighted by Gasteiger charge is 2.42. The van der Waals surface area contributed by atoms with Crippen molar-refractivity contribution in [2.24, 2.45) is 0 Å². The van der Waals surface area contributed by atoms with E-state index in [-0.39, 0.29) is 21.9 Å². The molecule has 0 aromatic heterocycles. The number of hydrogen-bond acceptors (Lipinski definition) is 6. The number of carbonyl (C=O) groups excluding carboxylic acids is 2. The molecule has 8 nitrogen and oxygen atoms in total. The average molecular weight is 394 g/mol. The zero-order valence-electron chi connectivity index (χ0n) is 15.7. The number of nitrogens with one attached hydrogen (secondary N) is 2. The molecule has 0 aliphatic carbocycles. The smallest absolute Gasteiger partial charge is 0.269 e. The summed E-state index contributed by atoms with van der Waals surface area (Å²) in [4.78, 5) is 27.0. The van der Waals surface area contributed by atoms with Crippen LogP contribution in [0.1, 0.15) is 41.0 Å². The van der Waals surface area contributed by atoms with Crippen molar-refractivity contribution in [1.82, 2.24) is 19.8 Å². The van der Waals surface area contributed by atoms with Crippen LogP contribution >= 0.6 is 0 Å². The molecule has 2 N–H and O–H groups in total. The van der Waals surface area contributed by atoms with Crippen molar-refractivity contribution in [3.63, 3.8) is 0 Å². The van der Waals surface area contributed by atoms with Crippen molar-refractivity contribution in [2.45, 2.75) is 31.2 Å². The van der Waals surface area contributed by atoms with E-state index in [1.165, 1.54) is 18.2 Å². The first-order valence-electron chi connectivity index (χ1n) is 9.26. The summed E-state index contributed by atoms with van der Waals surface area (Å²) in [6, 6.07) is 3.75. The minimum atomic E-state index is -3.90. The molecule has 9 heteroatoms. The Labute approximate surface area is 160 Å². The van der Waals surface area contributed by atoms with Crippen LogP contribution < -0.4 is 10.6 Å². The van der Waals surface area contributed by atoms with E-state index >= 15 is 0 Å². The first-order chi connectivity index (χ1) is 12.8. The maximum atomic E-state index is 12.6. The van der Waals surface area contributed by atoms with Crippen LogP contribution in [0.3, 0.4) is 0 Å². The maximum Gasteiger partial charge on any atom is 0.269 e. The molecule has 2 aliphatic heterocycles. The minimum Gasteiger partial charge on any atom is -0.352 e. The lowest BCUT2D eigenvalue weighted by molar-refractivity contribution is 0.0845. The van der Waals surface area contributed by atoms with Crippen molar-refractivity contribution in [3.05, 3.63) is 29.3 Å². The van der Waals surface area contributed by atoms with Gasteiger partial charge in [0, 0.05) is 44.3 Å². The van der Waals surface area contributed by atoms with Gasteiger partial charge in [-0.15, -0.1) is 0 Å². The van der Waals surface area contributed by atoms with Crippen LogP contribution in [0.4, 0.5) is 0 Å². The normalized spacial score (nSPS) is 19.4. The Balaban J connectivity index is 1.63. The Morgan fingerprint density at radius 2 is 1.96 bits per heavy atom. The fraction of sp³-hybridized carbons (Fsp3) is 0.556. The summed E-state index contributed by atoms with van der Waals surface area (Å²) < 4.78 is 26.1. The lowest BCUT2D eigenvalue weighted by atomic mass is 10.1. The lowest BCUT2D eigenvalue weighted by Crippen LogP contribution is -2.44. The number of benzene rings is 1. The van der Waals surface area contributed by atoms with Gasteiger partial charge in [-0.1, -0.05) is 0 Å². The molecule has 0 bridgehead atoms. The third-order valence-electron chi connectivity index (χ3n) is 4.83. The number of fused-ring (bicyclic) bond motifs is 1. The average Bonchev–Trinajstić information content (AvgIpc) is 2.85. The van der Waals surface area contributed by atoms with E-state index in [4.69, 9.17) is 0 Å². The molecule has 2 aliphatic rings. The van der Waals surface area contributed by atoms with E-state index in [1.807, 2.05) is 0 Å². The molecular formula is C18H26N4O4S. The molecule has 2 heterocycles.